The van der Waals surface area contributed by atoms with Gasteiger partial charge in [0, 0.05) is 62.0 Å². The number of hydrogen-bond acceptors (Lipinski definition) is 8. The van der Waals surface area contributed by atoms with E-state index >= 15 is 9.18 Å². The van der Waals surface area contributed by atoms with Crippen LogP contribution in [0.5, 0.6) is 0 Å². The predicted molar refractivity (Wildman–Crippen MR) is 227 cm³/mol. The van der Waals surface area contributed by atoms with Crippen LogP contribution in [0.3, 0.4) is 0 Å². The lowest BCUT2D eigenvalue weighted by Crippen LogP contribution is -2.40. The molecule has 322 valence electrons. The number of aryl methyl sites for hydroxylation is 1. The lowest BCUT2D eigenvalue weighted by molar-refractivity contribution is -0.0593. The minimum Gasteiger partial charge on any atom is -0.376 e. The molecule has 6 aromatic heterocycles. The van der Waals surface area contributed by atoms with Crippen LogP contribution in [0.4, 0.5) is 8.78 Å². The Morgan fingerprint density at radius 2 is 1.83 bits per heavy atom. The van der Waals surface area contributed by atoms with Gasteiger partial charge >= 0.3 is 11.4 Å². The van der Waals surface area contributed by atoms with E-state index in [4.69, 9.17) is 26.0 Å². The number of halogens is 3. The van der Waals surface area contributed by atoms with E-state index < -0.39 is 34.5 Å². The van der Waals surface area contributed by atoms with Crippen LogP contribution in [0.2, 0.25) is 5.02 Å². The lowest BCUT2D eigenvalue weighted by atomic mass is 9.84. The number of benzene rings is 2. The molecule has 2 fully saturated rings. The number of carbonyl (C=O) groups is 1. The molecule has 11 rings (SSSR count). The van der Waals surface area contributed by atoms with Crippen LogP contribution < -0.4 is 11.4 Å². The smallest absolute Gasteiger partial charge is 0.376 e. The summed E-state index contributed by atoms with van der Waals surface area (Å²) >= 11 is 6.31. The number of pyridine rings is 1. The van der Waals surface area contributed by atoms with Gasteiger partial charge < -0.3 is 14.0 Å². The van der Waals surface area contributed by atoms with Crippen LogP contribution in [-0.2, 0) is 23.6 Å². The monoisotopic (exact) mass is 874 g/mol. The zero-order valence-electron chi connectivity index (χ0n) is 34.7. The summed E-state index contributed by atoms with van der Waals surface area (Å²) in [5.41, 5.74) is 3.62. The fraction of sp³-hybridized carbons (Fsp3) is 0.333. The molecule has 8 heterocycles. The van der Waals surface area contributed by atoms with Crippen LogP contribution in [0.15, 0.2) is 87.4 Å². The van der Waals surface area contributed by atoms with Crippen molar-refractivity contribution in [2.24, 2.45) is 7.05 Å². The van der Waals surface area contributed by atoms with Crippen LogP contribution in [0.1, 0.15) is 97.1 Å². The van der Waals surface area contributed by atoms with Crippen LogP contribution >= 0.6 is 11.6 Å². The Kier molecular flexibility index (Phi) is 8.70. The molecule has 18 heteroatoms. The van der Waals surface area contributed by atoms with Gasteiger partial charge in [-0.1, -0.05) is 16.8 Å². The highest BCUT2D eigenvalue weighted by Crippen LogP contribution is 2.54. The van der Waals surface area contributed by atoms with E-state index in [0.29, 0.717) is 65.4 Å². The highest BCUT2D eigenvalue weighted by Gasteiger charge is 2.54. The first-order valence-electron chi connectivity index (χ1n) is 20.9. The van der Waals surface area contributed by atoms with E-state index in [1.807, 2.05) is 23.6 Å². The highest BCUT2D eigenvalue weighted by atomic mass is 35.5. The molecule has 0 bridgehead atoms. The van der Waals surface area contributed by atoms with Gasteiger partial charge in [0.1, 0.15) is 11.6 Å². The first-order chi connectivity index (χ1) is 30.2. The molecule has 1 N–H and O–H groups in total. The first-order valence-corrected chi connectivity index (χ1v) is 21.3. The van der Waals surface area contributed by atoms with Crippen LogP contribution in [-0.4, -0.2) is 72.8 Å². The third kappa shape index (κ3) is 6.07. The normalized spacial score (nSPS) is 19.3. The summed E-state index contributed by atoms with van der Waals surface area (Å²) in [4.78, 5) is 46.8. The topological polar surface area (TPSA) is 155 Å². The van der Waals surface area contributed by atoms with Crippen molar-refractivity contribution in [2.45, 2.75) is 75.9 Å². The number of carbonyl (C=O) groups excluding carboxylic acids is 1. The van der Waals surface area contributed by atoms with E-state index in [-0.39, 0.29) is 45.9 Å². The van der Waals surface area contributed by atoms with E-state index in [0.717, 1.165) is 23.9 Å². The Morgan fingerprint density at radius 3 is 2.57 bits per heavy atom. The number of aromatic amines is 1. The van der Waals surface area contributed by atoms with Crippen molar-refractivity contribution in [3.8, 4) is 17.2 Å². The third-order valence-electron chi connectivity index (χ3n) is 13.3. The van der Waals surface area contributed by atoms with Crippen molar-refractivity contribution in [2.75, 3.05) is 13.2 Å². The lowest BCUT2D eigenvalue weighted by Gasteiger charge is -2.35. The second kappa shape index (κ2) is 14.0. The number of aromatic nitrogens is 9. The fourth-order valence-electron chi connectivity index (χ4n) is 9.97. The summed E-state index contributed by atoms with van der Waals surface area (Å²) in [6.07, 6.45) is 9.69. The van der Waals surface area contributed by atoms with Gasteiger partial charge in [-0.15, -0.1) is 0 Å². The van der Waals surface area contributed by atoms with Crippen molar-refractivity contribution in [3.63, 3.8) is 0 Å². The molecular weight excluding hydrogens is 834 g/mol. The number of ether oxygens (including phenoxy) is 1. The molecule has 0 unspecified atom stereocenters. The van der Waals surface area contributed by atoms with Gasteiger partial charge in [0.05, 0.1) is 61.8 Å². The summed E-state index contributed by atoms with van der Waals surface area (Å²) < 4.78 is 49.3. The number of imidazole rings is 1. The van der Waals surface area contributed by atoms with Gasteiger partial charge in [0.25, 0.3) is 5.91 Å². The number of hydrogen-bond donors (Lipinski definition) is 1. The number of rotatable bonds is 7. The summed E-state index contributed by atoms with van der Waals surface area (Å²) in [5.74, 6) is -1.28. The Labute approximate surface area is 362 Å². The molecule has 0 spiro atoms. The third-order valence-corrected chi connectivity index (χ3v) is 13.5. The standard InChI is InChI=1S/C45H41ClF2N10O5/c1-24-36-33(51-58(27-5-6-32(47)31(46)21-27)39(36)57-17-16-56(43(57)61)35-8-7-34-30(37(35)48)23-49-53(34)4)10-15-54(24)40(59)29-20-28-19-25(26-11-18-62-44(2,3)22-26)9-14-55(28)38(29)45(12-13-45)41-50-42(60)63-52-41/h5-9,14,16-17,19-21,23-24,26H,10-13,15,18,22H2,1-4H3,(H,50,52,60)/t24-,26-/m0/s1. The van der Waals surface area contributed by atoms with Crippen molar-refractivity contribution in [1.29, 1.82) is 0 Å². The minimum absolute atomic E-state index is 0.0216. The fourth-order valence-corrected chi connectivity index (χ4v) is 10.1. The average molecular weight is 875 g/mol. The molecular formula is C45H41ClF2N10O5. The number of nitrogens with one attached hydrogen (secondary N) is 1. The number of nitrogens with zero attached hydrogens (tertiary/aromatic N) is 9. The molecule has 8 aromatic rings. The van der Waals surface area contributed by atoms with Gasteiger partial charge in [-0.2, -0.15) is 10.2 Å². The van der Waals surface area contributed by atoms with E-state index in [2.05, 4.69) is 41.2 Å². The quantitative estimate of drug-likeness (QED) is 0.178. The molecule has 1 saturated carbocycles. The van der Waals surface area contributed by atoms with E-state index in [9.17, 15) is 14.0 Å². The molecule has 1 saturated heterocycles. The Bertz CT molecular complexity index is 3310. The summed E-state index contributed by atoms with van der Waals surface area (Å²) in [5, 5.41) is 13.4. The van der Waals surface area contributed by atoms with E-state index in [1.165, 1.54) is 56.7 Å². The zero-order chi connectivity index (χ0) is 43.7. The second-order valence-corrected chi connectivity index (χ2v) is 17.9. The zero-order valence-corrected chi connectivity index (χ0v) is 35.5. The minimum atomic E-state index is -0.780. The predicted octanol–water partition coefficient (Wildman–Crippen LogP) is 7.07. The van der Waals surface area contributed by atoms with Gasteiger partial charge in [-0.25, -0.2) is 23.1 Å². The van der Waals surface area contributed by atoms with Crippen LogP contribution in [0.25, 0.3) is 33.6 Å². The molecule has 15 nitrogen and oxygen atoms in total. The van der Waals surface area contributed by atoms with Crippen molar-refractivity contribution in [1.82, 2.24) is 48.1 Å². The van der Waals surface area contributed by atoms with Crippen molar-refractivity contribution < 1.29 is 22.8 Å². The van der Waals surface area contributed by atoms with Gasteiger partial charge in [-0.05, 0) is 106 Å². The molecule has 3 aliphatic rings. The SMILES string of the molecule is C[C@H]1c2c(nn(-c3ccc(F)c(Cl)c3)c2-n2ccn(-c3ccc4c(cnn4C)c3F)c2=O)CCN1C(=O)c1cc2cc([C@H]3CCOC(C)(C)C3)ccn2c1C1(c2noc(=O)[nH]2)CC1. The number of H-pyrrole nitrogens is 1. The maximum absolute atomic E-state index is 16.1. The second-order valence-electron chi connectivity index (χ2n) is 17.5. The summed E-state index contributed by atoms with van der Waals surface area (Å²) in [6, 6.07) is 12.9. The molecule has 2 atom stereocenters. The molecule has 2 aromatic carbocycles. The largest absolute Gasteiger partial charge is 0.438 e. The van der Waals surface area contributed by atoms with Gasteiger partial charge in [0.15, 0.2) is 11.6 Å². The first kappa shape index (κ1) is 39.3. The average Bonchev–Trinajstić information content (AvgIpc) is 3.72. The molecule has 2 aliphatic heterocycles. The van der Waals surface area contributed by atoms with Gasteiger partial charge in [-0.3, -0.25) is 28.1 Å². The Hall–Kier alpha value is -6.59. The molecule has 0 radical (unpaired) electrons. The Balaban J connectivity index is 1.04. The Morgan fingerprint density at radius 1 is 1.02 bits per heavy atom. The summed E-state index contributed by atoms with van der Waals surface area (Å²) in [7, 11) is 1.71. The highest BCUT2D eigenvalue weighted by molar-refractivity contribution is 6.30. The summed E-state index contributed by atoms with van der Waals surface area (Å²) in [6.45, 7) is 7.01. The number of amides is 1. The maximum atomic E-state index is 16.1. The van der Waals surface area contributed by atoms with E-state index in [1.54, 1.807) is 22.7 Å². The number of fused-ring (bicyclic) bond motifs is 3. The van der Waals surface area contributed by atoms with Crippen molar-refractivity contribution >= 4 is 33.9 Å². The molecule has 63 heavy (non-hydrogen) atoms. The molecule has 1 aliphatic carbocycles. The maximum Gasteiger partial charge on any atom is 0.438 e. The van der Waals surface area contributed by atoms with Gasteiger partial charge in [0.2, 0.25) is 0 Å². The van der Waals surface area contributed by atoms with Crippen LogP contribution in [0, 0.1) is 11.6 Å². The molecule has 1 amide bonds. The van der Waals surface area contributed by atoms with Crippen molar-refractivity contribution in [3.05, 3.63) is 145 Å².